The van der Waals surface area contributed by atoms with Gasteiger partial charge in [0.15, 0.2) is 0 Å². The highest BCUT2D eigenvalue weighted by molar-refractivity contribution is 7.87. The molecular formula is C16H18O4S. The Bertz CT molecular complexity index is 673. The number of ether oxygens (including phenoxy) is 1. The lowest BCUT2D eigenvalue weighted by Crippen LogP contribution is -2.09. The summed E-state index contributed by atoms with van der Waals surface area (Å²) in [5.41, 5.74) is 0.992. The van der Waals surface area contributed by atoms with Gasteiger partial charge in [-0.2, -0.15) is 8.42 Å². The number of hydrogen-bond acceptors (Lipinski definition) is 4. The van der Waals surface area contributed by atoms with Gasteiger partial charge in [0.2, 0.25) is 0 Å². The molecular weight excluding hydrogens is 288 g/mol. The molecule has 0 saturated carbocycles. The monoisotopic (exact) mass is 306 g/mol. The second-order valence-corrected chi connectivity index (χ2v) is 6.22. The molecule has 2 aromatic rings. The van der Waals surface area contributed by atoms with E-state index in [-0.39, 0.29) is 10.6 Å². The third kappa shape index (κ3) is 4.23. The lowest BCUT2D eigenvalue weighted by Gasteiger charge is -2.08. The molecule has 21 heavy (non-hydrogen) atoms. The van der Waals surface area contributed by atoms with Crippen molar-refractivity contribution >= 4 is 10.1 Å². The largest absolute Gasteiger partial charge is 0.494 e. The van der Waals surface area contributed by atoms with Gasteiger partial charge >= 0.3 is 10.1 Å². The van der Waals surface area contributed by atoms with E-state index in [0.717, 1.165) is 12.0 Å². The second kappa shape index (κ2) is 6.63. The zero-order valence-electron chi connectivity index (χ0n) is 12.1. The average molecular weight is 306 g/mol. The average Bonchev–Trinajstić information content (AvgIpc) is 2.47. The third-order valence-electron chi connectivity index (χ3n) is 2.81. The van der Waals surface area contributed by atoms with E-state index < -0.39 is 10.1 Å². The molecule has 0 atom stereocenters. The van der Waals surface area contributed by atoms with Gasteiger partial charge < -0.3 is 8.92 Å². The highest BCUT2D eigenvalue weighted by Gasteiger charge is 2.16. The summed E-state index contributed by atoms with van der Waals surface area (Å²) in [6.45, 7) is 4.54. The van der Waals surface area contributed by atoms with Crippen molar-refractivity contribution in [3.63, 3.8) is 0 Å². The van der Waals surface area contributed by atoms with Crippen molar-refractivity contribution in [3.8, 4) is 11.5 Å². The second-order valence-electron chi connectivity index (χ2n) is 4.67. The van der Waals surface area contributed by atoms with Crippen molar-refractivity contribution in [2.75, 3.05) is 6.61 Å². The number of rotatable bonds is 6. The van der Waals surface area contributed by atoms with Crippen molar-refractivity contribution < 1.29 is 17.3 Å². The Morgan fingerprint density at radius 2 is 1.48 bits per heavy atom. The SMILES string of the molecule is CCCOc1ccc(OS(=O)(=O)c2ccc(C)cc2)cc1. The first kappa shape index (κ1) is 15.4. The van der Waals surface area contributed by atoms with Gasteiger partial charge in [-0.3, -0.25) is 0 Å². The Balaban J connectivity index is 2.11. The summed E-state index contributed by atoms with van der Waals surface area (Å²) in [4.78, 5) is 0.138. The third-order valence-corrected chi connectivity index (χ3v) is 4.07. The fraction of sp³-hybridized carbons (Fsp3) is 0.250. The molecule has 112 valence electrons. The van der Waals surface area contributed by atoms with Crippen LogP contribution in [0.15, 0.2) is 53.4 Å². The van der Waals surface area contributed by atoms with Crippen molar-refractivity contribution in [1.29, 1.82) is 0 Å². The summed E-state index contributed by atoms with van der Waals surface area (Å²) in [6.07, 6.45) is 0.917. The van der Waals surface area contributed by atoms with Crippen molar-refractivity contribution in [1.82, 2.24) is 0 Å². The van der Waals surface area contributed by atoms with Crippen LogP contribution in [0, 0.1) is 6.92 Å². The van der Waals surface area contributed by atoms with Gasteiger partial charge in [0, 0.05) is 0 Å². The van der Waals surface area contributed by atoms with E-state index in [9.17, 15) is 8.42 Å². The standard InChI is InChI=1S/C16H18O4S/c1-3-12-19-14-6-8-15(9-7-14)20-21(17,18)16-10-4-13(2)5-11-16/h4-11H,3,12H2,1-2H3. The molecule has 0 spiro atoms. The van der Waals surface area contributed by atoms with Gasteiger partial charge in [-0.15, -0.1) is 0 Å². The van der Waals surface area contributed by atoms with Gasteiger partial charge in [0.25, 0.3) is 0 Å². The minimum atomic E-state index is -3.80. The normalized spacial score (nSPS) is 11.1. The molecule has 2 aromatic carbocycles. The minimum absolute atomic E-state index is 0.138. The van der Waals surface area contributed by atoms with Gasteiger partial charge in [0.05, 0.1) is 6.61 Å². The van der Waals surface area contributed by atoms with Crippen LogP contribution in [0.2, 0.25) is 0 Å². The smallest absolute Gasteiger partial charge is 0.339 e. The summed E-state index contributed by atoms with van der Waals surface area (Å²) < 4.78 is 34.8. The highest BCUT2D eigenvalue weighted by atomic mass is 32.2. The first-order valence-electron chi connectivity index (χ1n) is 6.75. The van der Waals surface area contributed by atoms with E-state index in [4.69, 9.17) is 8.92 Å². The van der Waals surface area contributed by atoms with Crippen LogP contribution in [0.25, 0.3) is 0 Å². The summed E-state index contributed by atoms with van der Waals surface area (Å²) in [5.74, 6) is 0.955. The lowest BCUT2D eigenvalue weighted by molar-refractivity contribution is 0.317. The molecule has 0 aliphatic carbocycles. The number of hydrogen-bond donors (Lipinski definition) is 0. The first-order chi connectivity index (χ1) is 10.0. The van der Waals surface area contributed by atoms with Crippen molar-refractivity contribution in [2.24, 2.45) is 0 Å². The molecule has 0 N–H and O–H groups in total. The molecule has 0 aliphatic rings. The Morgan fingerprint density at radius 3 is 2.05 bits per heavy atom. The summed E-state index contributed by atoms with van der Waals surface area (Å²) >= 11 is 0. The van der Waals surface area contributed by atoms with Crippen LogP contribution in [0.3, 0.4) is 0 Å². The van der Waals surface area contributed by atoms with Gasteiger partial charge in [0.1, 0.15) is 16.4 Å². The Hall–Kier alpha value is -2.01. The zero-order chi connectivity index (χ0) is 15.3. The molecule has 0 fully saturated rings. The van der Waals surface area contributed by atoms with Crippen LogP contribution < -0.4 is 8.92 Å². The lowest BCUT2D eigenvalue weighted by atomic mass is 10.2. The maximum atomic E-state index is 12.1. The van der Waals surface area contributed by atoms with Crippen LogP contribution >= 0.6 is 0 Å². The summed E-state index contributed by atoms with van der Waals surface area (Å²) in [6, 6.07) is 13.1. The molecule has 0 amide bonds. The van der Waals surface area contributed by atoms with Crippen LogP contribution in [-0.2, 0) is 10.1 Å². The fourth-order valence-corrected chi connectivity index (χ4v) is 2.62. The molecule has 2 rings (SSSR count). The van der Waals surface area contributed by atoms with Crippen LogP contribution in [0.1, 0.15) is 18.9 Å². The predicted molar refractivity (Wildman–Crippen MR) is 81.2 cm³/mol. The summed E-state index contributed by atoms with van der Waals surface area (Å²) in [5, 5.41) is 0. The van der Waals surface area contributed by atoms with E-state index in [1.165, 1.54) is 12.1 Å². The van der Waals surface area contributed by atoms with Crippen molar-refractivity contribution in [2.45, 2.75) is 25.2 Å². The molecule has 0 aliphatic heterocycles. The van der Waals surface area contributed by atoms with E-state index in [0.29, 0.717) is 12.4 Å². The highest BCUT2D eigenvalue weighted by Crippen LogP contribution is 2.22. The molecule has 0 bridgehead atoms. The number of aryl methyl sites for hydroxylation is 1. The Kier molecular flexibility index (Phi) is 4.85. The molecule has 0 unspecified atom stereocenters. The van der Waals surface area contributed by atoms with E-state index in [1.54, 1.807) is 36.4 Å². The predicted octanol–water partition coefficient (Wildman–Crippen LogP) is 3.55. The van der Waals surface area contributed by atoms with Crippen LogP contribution in [0.4, 0.5) is 0 Å². The van der Waals surface area contributed by atoms with Gasteiger partial charge in [-0.1, -0.05) is 24.6 Å². The minimum Gasteiger partial charge on any atom is -0.494 e. The van der Waals surface area contributed by atoms with E-state index >= 15 is 0 Å². The molecule has 0 aromatic heterocycles. The van der Waals surface area contributed by atoms with E-state index in [1.807, 2.05) is 13.8 Å². The Labute approximate surface area is 125 Å². The topological polar surface area (TPSA) is 52.6 Å². The van der Waals surface area contributed by atoms with Gasteiger partial charge in [-0.05, 0) is 49.7 Å². The van der Waals surface area contributed by atoms with Crippen LogP contribution in [0.5, 0.6) is 11.5 Å². The molecule has 0 radical (unpaired) electrons. The maximum Gasteiger partial charge on any atom is 0.339 e. The number of benzene rings is 2. The molecule has 5 heteroatoms. The first-order valence-corrected chi connectivity index (χ1v) is 8.16. The molecule has 0 saturated heterocycles. The van der Waals surface area contributed by atoms with Gasteiger partial charge in [-0.25, -0.2) is 0 Å². The maximum absolute atomic E-state index is 12.1. The van der Waals surface area contributed by atoms with E-state index in [2.05, 4.69) is 0 Å². The van der Waals surface area contributed by atoms with Crippen molar-refractivity contribution in [3.05, 3.63) is 54.1 Å². The fourth-order valence-electron chi connectivity index (χ4n) is 1.69. The summed E-state index contributed by atoms with van der Waals surface area (Å²) in [7, 11) is -3.80. The quantitative estimate of drug-likeness (QED) is 0.766. The molecule has 0 heterocycles. The Morgan fingerprint density at radius 1 is 0.905 bits per heavy atom. The van der Waals surface area contributed by atoms with Crippen LogP contribution in [-0.4, -0.2) is 15.0 Å². The zero-order valence-corrected chi connectivity index (χ0v) is 12.9. The molecule has 4 nitrogen and oxygen atoms in total.